The van der Waals surface area contributed by atoms with Crippen molar-refractivity contribution in [2.45, 2.75) is 6.92 Å². The topological polar surface area (TPSA) is 92.0 Å². The fourth-order valence-electron chi connectivity index (χ4n) is 2.23. The summed E-state index contributed by atoms with van der Waals surface area (Å²) in [6.07, 6.45) is 2.05. The van der Waals surface area contributed by atoms with Gasteiger partial charge in [-0.2, -0.15) is 5.26 Å². The average molecular weight is 293 g/mol. The molecule has 1 amide bonds. The first-order chi connectivity index (χ1) is 10.6. The summed E-state index contributed by atoms with van der Waals surface area (Å²) in [6, 6.07) is 15.5. The molecule has 0 saturated carbocycles. The van der Waals surface area contributed by atoms with E-state index in [1.165, 1.54) is 0 Å². The molecule has 3 N–H and O–H groups in total. The fourth-order valence-corrected chi connectivity index (χ4v) is 2.23. The summed E-state index contributed by atoms with van der Waals surface area (Å²) in [5, 5.41) is 19.9. The molecule has 110 valence electrons. The van der Waals surface area contributed by atoms with Crippen molar-refractivity contribution >= 4 is 17.3 Å². The Labute approximate surface area is 127 Å². The zero-order valence-electron chi connectivity index (χ0n) is 12.0. The minimum absolute atomic E-state index is 0.250. The summed E-state index contributed by atoms with van der Waals surface area (Å²) in [4.78, 5) is 8.58. The number of nitrogens with two attached hydrogens (primary N) is 1. The number of rotatable bonds is 1. The van der Waals surface area contributed by atoms with Gasteiger partial charge in [-0.1, -0.05) is 24.3 Å². The fraction of sp³-hybridized carbons (Fsp3) is 0.0588. The van der Waals surface area contributed by atoms with Crippen LogP contribution in [-0.2, 0) is 4.79 Å². The number of aromatic hydroxyl groups is 1. The van der Waals surface area contributed by atoms with Crippen LogP contribution in [0.15, 0.2) is 48.7 Å². The Bertz CT molecular complexity index is 860. The summed E-state index contributed by atoms with van der Waals surface area (Å²) in [7, 11) is 0. The summed E-state index contributed by atoms with van der Waals surface area (Å²) in [5.41, 5.74) is 7.44. The molecular formula is C17H15N3O2. The van der Waals surface area contributed by atoms with E-state index in [2.05, 4.69) is 11.8 Å². The summed E-state index contributed by atoms with van der Waals surface area (Å²) >= 11 is 0. The number of fused-ring (bicyclic) bond motifs is 1. The number of nitrogens with zero attached hydrogens (tertiary/aromatic N) is 2. The molecule has 22 heavy (non-hydrogen) atoms. The van der Waals surface area contributed by atoms with Crippen molar-refractivity contribution in [1.29, 1.82) is 5.26 Å². The number of amides is 1. The molecule has 0 aliphatic carbocycles. The molecule has 0 bridgehead atoms. The number of carbonyl (C=O) groups excluding carboxylic acids is 1. The lowest BCUT2D eigenvalue weighted by atomic mass is 10.2. The number of phenolic OH excluding ortho intramolecular Hbond substituents is 1. The Morgan fingerprint density at radius 1 is 1.27 bits per heavy atom. The first-order valence-electron chi connectivity index (χ1n) is 6.58. The molecule has 3 aromatic rings. The minimum atomic E-state index is 0.250. The summed E-state index contributed by atoms with van der Waals surface area (Å²) < 4.78 is 1.92. The van der Waals surface area contributed by atoms with Crippen molar-refractivity contribution in [2.24, 2.45) is 5.73 Å². The summed E-state index contributed by atoms with van der Waals surface area (Å²) in [5.74, 6) is 0.258. The Morgan fingerprint density at radius 2 is 1.95 bits per heavy atom. The van der Waals surface area contributed by atoms with Crippen molar-refractivity contribution in [2.75, 3.05) is 0 Å². The SMILES string of the molecule is Cc1ccc(-n2cc(C#N)c3ccccc32)cc1O.NC=O. The number of para-hydroxylation sites is 1. The van der Waals surface area contributed by atoms with E-state index in [-0.39, 0.29) is 12.2 Å². The van der Waals surface area contributed by atoms with Gasteiger partial charge in [-0.3, -0.25) is 4.79 Å². The maximum Gasteiger partial charge on any atom is 0.204 e. The average Bonchev–Trinajstić information content (AvgIpc) is 2.90. The number of hydrogen-bond acceptors (Lipinski definition) is 3. The Hall–Kier alpha value is -3.26. The second-order valence-corrected chi connectivity index (χ2v) is 4.65. The van der Waals surface area contributed by atoms with Gasteiger partial charge in [0.1, 0.15) is 11.8 Å². The molecule has 0 radical (unpaired) electrons. The van der Waals surface area contributed by atoms with E-state index >= 15 is 0 Å². The maximum atomic E-state index is 9.82. The molecular weight excluding hydrogens is 278 g/mol. The number of hydrogen-bond donors (Lipinski definition) is 2. The molecule has 2 aromatic carbocycles. The predicted octanol–water partition coefficient (Wildman–Crippen LogP) is 2.62. The molecule has 1 heterocycles. The van der Waals surface area contributed by atoms with Crippen LogP contribution in [0.2, 0.25) is 0 Å². The molecule has 0 spiro atoms. The van der Waals surface area contributed by atoms with Crippen LogP contribution in [0.5, 0.6) is 5.75 Å². The van der Waals surface area contributed by atoms with Gasteiger partial charge < -0.3 is 15.4 Å². The largest absolute Gasteiger partial charge is 0.508 e. The van der Waals surface area contributed by atoms with E-state index in [9.17, 15) is 10.4 Å². The highest BCUT2D eigenvalue weighted by molar-refractivity contribution is 5.87. The van der Waals surface area contributed by atoms with Crippen LogP contribution in [-0.4, -0.2) is 16.1 Å². The molecule has 5 nitrogen and oxygen atoms in total. The van der Waals surface area contributed by atoms with Gasteiger partial charge in [0.15, 0.2) is 0 Å². The minimum Gasteiger partial charge on any atom is -0.508 e. The third kappa shape index (κ3) is 2.76. The molecule has 0 aliphatic rings. The highest BCUT2D eigenvalue weighted by Crippen LogP contribution is 2.27. The normalized spacial score (nSPS) is 9.64. The van der Waals surface area contributed by atoms with Crippen LogP contribution in [0.3, 0.4) is 0 Å². The zero-order chi connectivity index (χ0) is 16.1. The Kier molecular flexibility index (Phi) is 4.44. The number of benzene rings is 2. The molecule has 0 fully saturated rings. The lowest BCUT2D eigenvalue weighted by Gasteiger charge is -2.07. The molecule has 0 aliphatic heterocycles. The molecule has 0 unspecified atom stereocenters. The van der Waals surface area contributed by atoms with Gasteiger partial charge in [-0.25, -0.2) is 0 Å². The third-order valence-electron chi connectivity index (χ3n) is 3.30. The Balaban J connectivity index is 0.000000545. The van der Waals surface area contributed by atoms with Crippen molar-refractivity contribution in [3.05, 3.63) is 59.8 Å². The Morgan fingerprint density at radius 3 is 2.59 bits per heavy atom. The number of primary amides is 1. The van der Waals surface area contributed by atoms with E-state index in [4.69, 9.17) is 4.79 Å². The second-order valence-electron chi connectivity index (χ2n) is 4.65. The molecule has 1 aromatic heterocycles. The number of aromatic nitrogens is 1. The first-order valence-corrected chi connectivity index (χ1v) is 6.58. The van der Waals surface area contributed by atoms with Crippen LogP contribution >= 0.6 is 0 Å². The molecule has 0 saturated heterocycles. The predicted molar refractivity (Wildman–Crippen MR) is 84.6 cm³/mol. The molecule has 3 rings (SSSR count). The molecule has 5 heteroatoms. The van der Waals surface area contributed by atoms with E-state index in [0.717, 1.165) is 22.2 Å². The van der Waals surface area contributed by atoms with Gasteiger partial charge in [0.25, 0.3) is 0 Å². The van der Waals surface area contributed by atoms with Crippen molar-refractivity contribution in [1.82, 2.24) is 4.57 Å². The smallest absolute Gasteiger partial charge is 0.204 e. The van der Waals surface area contributed by atoms with Gasteiger partial charge in [-0.15, -0.1) is 0 Å². The standard InChI is InChI=1S/C16H12N2O.CH3NO/c1-11-6-7-13(8-16(11)19)18-10-12(9-17)14-4-2-3-5-15(14)18;2-1-3/h2-8,10,19H,1H3;1H,(H2,2,3). The summed E-state index contributed by atoms with van der Waals surface area (Å²) in [6.45, 7) is 1.85. The van der Waals surface area contributed by atoms with Crippen molar-refractivity contribution < 1.29 is 9.90 Å². The van der Waals surface area contributed by atoms with Gasteiger partial charge in [0, 0.05) is 23.3 Å². The van der Waals surface area contributed by atoms with Crippen LogP contribution in [0.25, 0.3) is 16.6 Å². The second kappa shape index (κ2) is 6.46. The molecule has 0 atom stereocenters. The first kappa shape index (κ1) is 15.1. The van der Waals surface area contributed by atoms with Crippen LogP contribution < -0.4 is 5.73 Å². The lowest BCUT2D eigenvalue weighted by molar-refractivity contribution is -0.106. The lowest BCUT2D eigenvalue weighted by Crippen LogP contribution is -1.91. The monoisotopic (exact) mass is 293 g/mol. The highest BCUT2D eigenvalue weighted by Gasteiger charge is 2.09. The number of phenols is 1. The number of carbonyl (C=O) groups is 1. The van der Waals surface area contributed by atoms with Crippen LogP contribution in [0.4, 0.5) is 0 Å². The number of nitriles is 1. The van der Waals surface area contributed by atoms with Crippen LogP contribution in [0, 0.1) is 18.3 Å². The quantitative estimate of drug-likeness (QED) is 0.675. The van der Waals surface area contributed by atoms with E-state index < -0.39 is 0 Å². The van der Waals surface area contributed by atoms with Crippen LogP contribution in [0.1, 0.15) is 11.1 Å². The highest BCUT2D eigenvalue weighted by atomic mass is 16.3. The van der Waals surface area contributed by atoms with Gasteiger partial charge in [-0.05, 0) is 24.6 Å². The van der Waals surface area contributed by atoms with E-state index in [1.54, 1.807) is 12.3 Å². The van der Waals surface area contributed by atoms with E-state index in [0.29, 0.717) is 5.56 Å². The number of aryl methyl sites for hydroxylation is 1. The maximum absolute atomic E-state index is 9.82. The van der Waals surface area contributed by atoms with Crippen molar-refractivity contribution in [3.8, 4) is 17.5 Å². The van der Waals surface area contributed by atoms with Gasteiger partial charge in [0.05, 0.1) is 11.1 Å². The zero-order valence-corrected chi connectivity index (χ0v) is 12.0. The third-order valence-corrected chi connectivity index (χ3v) is 3.30. The van der Waals surface area contributed by atoms with E-state index in [1.807, 2.05) is 47.9 Å². The van der Waals surface area contributed by atoms with Gasteiger partial charge in [0.2, 0.25) is 6.41 Å². The van der Waals surface area contributed by atoms with Gasteiger partial charge >= 0.3 is 0 Å². The van der Waals surface area contributed by atoms with Crippen molar-refractivity contribution in [3.63, 3.8) is 0 Å².